The van der Waals surface area contributed by atoms with E-state index in [0.717, 1.165) is 27.1 Å². The first-order valence-electron chi connectivity index (χ1n) is 11.1. The van der Waals surface area contributed by atoms with Gasteiger partial charge >= 0.3 is 6.03 Å². The van der Waals surface area contributed by atoms with Gasteiger partial charge in [-0.2, -0.15) is 0 Å². The summed E-state index contributed by atoms with van der Waals surface area (Å²) in [5.74, 6) is -0.675. The molecule has 0 spiro atoms. The minimum absolute atomic E-state index is 0.254. The number of carbonyl (C=O) groups excluding carboxylic acids is 3. The second-order valence-corrected chi connectivity index (χ2v) is 9.88. The third kappa shape index (κ3) is 3.53. The molecule has 7 heteroatoms. The van der Waals surface area contributed by atoms with Crippen molar-refractivity contribution in [1.82, 2.24) is 14.8 Å². The number of hydrogen-bond acceptors (Lipinski definition) is 4. The van der Waals surface area contributed by atoms with Crippen molar-refractivity contribution in [2.75, 3.05) is 6.54 Å². The minimum Gasteiger partial charge on any atom is -0.343 e. The summed E-state index contributed by atoms with van der Waals surface area (Å²) in [6, 6.07) is 18.8. The van der Waals surface area contributed by atoms with E-state index >= 15 is 0 Å². The van der Waals surface area contributed by atoms with E-state index < -0.39 is 17.5 Å². The number of nitrogens with zero attached hydrogens (tertiary/aromatic N) is 2. The smallest absolute Gasteiger partial charge is 0.325 e. The van der Waals surface area contributed by atoms with Crippen LogP contribution in [0.2, 0.25) is 0 Å². The highest BCUT2D eigenvalue weighted by molar-refractivity contribution is 7.09. The normalized spacial score (nSPS) is 18.0. The molecule has 3 amide bonds. The van der Waals surface area contributed by atoms with Crippen LogP contribution in [0.4, 0.5) is 4.79 Å². The Hall–Kier alpha value is -3.71. The summed E-state index contributed by atoms with van der Waals surface area (Å²) in [5, 5.41) is 6.74. The number of fused-ring (bicyclic) bond motifs is 1. The van der Waals surface area contributed by atoms with Crippen molar-refractivity contribution in [3.05, 3.63) is 93.4 Å². The lowest BCUT2D eigenvalue weighted by Gasteiger charge is -2.24. The Labute approximate surface area is 201 Å². The van der Waals surface area contributed by atoms with Gasteiger partial charge in [-0.15, -0.1) is 11.3 Å². The van der Waals surface area contributed by atoms with E-state index in [1.54, 1.807) is 18.3 Å². The van der Waals surface area contributed by atoms with Gasteiger partial charge < -0.3 is 9.88 Å². The van der Waals surface area contributed by atoms with Crippen LogP contribution < -0.4 is 5.32 Å². The lowest BCUT2D eigenvalue weighted by atomic mass is 9.88. The van der Waals surface area contributed by atoms with Crippen LogP contribution in [-0.4, -0.2) is 33.7 Å². The molecule has 1 N–H and O–H groups in total. The fourth-order valence-electron chi connectivity index (χ4n) is 4.80. The van der Waals surface area contributed by atoms with Crippen LogP contribution in [0.25, 0.3) is 10.8 Å². The topological polar surface area (TPSA) is 71.4 Å². The van der Waals surface area contributed by atoms with Crippen LogP contribution in [0.1, 0.15) is 39.1 Å². The van der Waals surface area contributed by atoms with Crippen molar-refractivity contribution in [2.24, 2.45) is 0 Å². The van der Waals surface area contributed by atoms with Gasteiger partial charge in [-0.25, -0.2) is 4.79 Å². The summed E-state index contributed by atoms with van der Waals surface area (Å²) in [6.45, 7) is 5.95. The SMILES string of the molecule is Cc1cc(C(=O)CN2C(=O)N[C@](C)(c3cccc4ccccc34)C2=O)c(C)n1Cc1cccs1. The molecule has 4 aromatic rings. The number of amides is 3. The van der Waals surface area contributed by atoms with E-state index in [1.807, 2.05) is 73.8 Å². The predicted octanol–water partition coefficient (Wildman–Crippen LogP) is 5.02. The highest BCUT2D eigenvalue weighted by atomic mass is 32.1. The second-order valence-electron chi connectivity index (χ2n) is 8.85. The molecule has 0 bridgehead atoms. The minimum atomic E-state index is -1.24. The zero-order valence-corrected chi connectivity index (χ0v) is 20.1. The predicted molar refractivity (Wildman–Crippen MR) is 133 cm³/mol. The Kier molecular flexibility index (Phi) is 5.37. The molecule has 5 rings (SSSR count). The molecule has 1 saturated heterocycles. The maximum atomic E-state index is 13.5. The van der Waals surface area contributed by atoms with Gasteiger partial charge in [0.1, 0.15) is 5.54 Å². The summed E-state index contributed by atoms with van der Waals surface area (Å²) < 4.78 is 2.09. The Balaban J connectivity index is 1.42. The molecule has 1 atom stereocenters. The van der Waals surface area contributed by atoms with Crippen LogP contribution >= 0.6 is 11.3 Å². The van der Waals surface area contributed by atoms with E-state index in [9.17, 15) is 14.4 Å². The molecule has 0 radical (unpaired) electrons. The van der Waals surface area contributed by atoms with Crippen LogP contribution in [0, 0.1) is 13.8 Å². The summed E-state index contributed by atoms with van der Waals surface area (Å²) in [4.78, 5) is 41.9. The number of nitrogens with one attached hydrogen (secondary N) is 1. The first-order chi connectivity index (χ1) is 16.3. The molecule has 0 aliphatic carbocycles. The lowest BCUT2D eigenvalue weighted by molar-refractivity contribution is -0.130. The van der Waals surface area contributed by atoms with E-state index in [1.165, 1.54) is 4.88 Å². The summed E-state index contributed by atoms with van der Waals surface area (Å²) in [6.07, 6.45) is 0. The van der Waals surface area contributed by atoms with E-state index in [2.05, 4.69) is 16.0 Å². The third-order valence-corrected chi connectivity index (χ3v) is 7.53. The number of ketones is 1. The fraction of sp³-hybridized carbons (Fsp3) is 0.222. The number of thiophene rings is 1. The maximum absolute atomic E-state index is 13.5. The van der Waals surface area contributed by atoms with Gasteiger partial charge in [0.2, 0.25) is 0 Å². The molecule has 1 aliphatic rings. The number of imide groups is 1. The Morgan fingerprint density at radius 2 is 1.79 bits per heavy atom. The van der Waals surface area contributed by atoms with Crippen molar-refractivity contribution >= 4 is 39.8 Å². The monoisotopic (exact) mass is 471 g/mol. The lowest BCUT2D eigenvalue weighted by Crippen LogP contribution is -2.41. The summed E-state index contributed by atoms with van der Waals surface area (Å²) >= 11 is 1.67. The number of aryl methyl sites for hydroxylation is 1. The van der Waals surface area contributed by atoms with E-state index in [4.69, 9.17) is 0 Å². The van der Waals surface area contributed by atoms with Crippen LogP contribution in [0.15, 0.2) is 66.0 Å². The molecule has 0 unspecified atom stereocenters. The fourth-order valence-corrected chi connectivity index (χ4v) is 5.49. The second kappa shape index (κ2) is 8.25. The van der Waals surface area contributed by atoms with Gasteiger partial charge in [0.15, 0.2) is 5.78 Å². The zero-order valence-electron chi connectivity index (χ0n) is 19.3. The van der Waals surface area contributed by atoms with Gasteiger partial charge in [0, 0.05) is 21.8 Å². The number of benzene rings is 2. The van der Waals surface area contributed by atoms with Crippen molar-refractivity contribution in [2.45, 2.75) is 32.9 Å². The number of urea groups is 1. The molecule has 3 heterocycles. The molecule has 34 heavy (non-hydrogen) atoms. The van der Waals surface area contributed by atoms with Crippen molar-refractivity contribution < 1.29 is 14.4 Å². The van der Waals surface area contributed by atoms with Crippen LogP contribution in [0.5, 0.6) is 0 Å². The molecule has 172 valence electrons. The average Bonchev–Trinajstić information content (AvgIpc) is 3.50. The van der Waals surface area contributed by atoms with Crippen LogP contribution in [0.3, 0.4) is 0 Å². The Morgan fingerprint density at radius 3 is 2.56 bits per heavy atom. The first-order valence-corrected chi connectivity index (χ1v) is 12.0. The number of rotatable bonds is 6. The first kappa shape index (κ1) is 22.1. The zero-order chi connectivity index (χ0) is 24.0. The van der Waals surface area contributed by atoms with Crippen LogP contribution in [-0.2, 0) is 16.9 Å². The van der Waals surface area contributed by atoms with Crippen molar-refractivity contribution in [1.29, 1.82) is 0 Å². The average molecular weight is 472 g/mol. The molecular formula is C27H25N3O3S. The molecule has 0 saturated carbocycles. The van der Waals surface area contributed by atoms with Gasteiger partial charge in [0.25, 0.3) is 5.91 Å². The molecule has 1 aliphatic heterocycles. The number of hydrogen-bond donors (Lipinski definition) is 1. The molecular weight excluding hydrogens is 446 g/mol. The van der Waals surface area contributed by atoms with Gasteiger partial charge in [-0.05, 0) is 54.6 Å². The molecule has 2 aromatic heterocycles. The third-order valence-electron chi connectivity index (χ3n) is 6.67. The quantitative estimate of drug-likeness (QED) is 0.317. The highest BCUT2D eigenvalue weighted by Gasteiger charge is 2.50. The Morgan fingerprint density at radius 1 is 1.03 bits per heavy atom. The molecule has 6 nitrogen and oxygen atoms in total. The maximum Gasteiger partial charge on any atom is 0.325 e. The molecule has 1 fully saturated rings. The van der Waals surface area contributed by atoms with Gasteiger partial charge in [0.05, 0.1) is 13.1 Å². The highest BCUT2D eigenvalue weighted by Crippen LogP contribution is 2.34. The summed E-state index contributed by atoms with van der Waals surface area (Å²) in [5.41, 5.74) is 1.81. The van der Waals surface area contributed by atoms with Crippen molar-refractivity contribution in [3.8, 4) is 0 Å². The number of carbonyl (C=O) groups is 3. The van der Waals surface area contributed by atoms with E-state index in [-0.39, 0.29) is 12.3 Å². The molecule has 2 aromatic carbocycles. The van der Waals surface area contributed by atoms with Crippen molar-refractivity contribution in [3.63, 3.8) is 0 Å². The number of Topliss-reactive ketones (excluding diaryl/α,β-unsaturated/α-hetero) is 1. The Bertz CT molecular complexity index is 1430. The van der Waals surface area contributed by atoms with E-state index in [0.29, 0.717) is 17.7 Å². The van der Waals surface area contributed by atoms with Gasteiger partial charge in [-0.3, -0.25) is 14.5 Å². The standard InChI is InChI=1S/C27H25N3O3S/c1-17-14-22(18(2)29(17)15-20-10-7-13-34-20)24(31)16-30-25(32)27(3,28-26(30)33)23-12-6-9-19-8-4-5-11-21(19)23/h4-14H,15-16H2,1-3H3,(H,28,33)/t27-/m1/s1. The summed E-state index contributed by atoms with van der Waals surface area (Å²) in [7, 11) is 0. The van der Waals surface area contributed by atoms with Gasteiger partial charge in [-0.1, -0.05) is 48.5 Å². The largest absolute Gasteiger partial charge is 0.343 e. The number of aromatic nitrogens is 1.